The molecule has 2 aromatic heterocycles. The first-order valence-corrected chi connectivity index (χ1v) is 12.4. The fourth-order valence-electron chi connectivity index (χ4n) is 5.77. The number of hydrogen-bond donors (Lipinski definition) is 0. The molecule has 4 heteroatoms. The van der Waals surface area contributed by atoms with E-state index in [1.165, 1.54) is 66.8 Å². The first-order chi connectivity index (χ1) is 16.2. The van der Waals surface area contributed by atoms with Crippen LogP contribution in [0, 0.1) is 55.4 Å². The van der Waals surface area contributed by atoms with Crippen LogP contribution in [0.1, 0.15) is 66.8 Å². The summed E-state index contributed by atoms with van der Waals surface area (Å²) in [6.45, 7) is 21.9. The lowest BCUT2D eigenvalue weighted by Gasteiger charge is -2.20. The Morgan fingerprint density at radius 1 is 0.471 bits per heavy atom. The highest BCUT2D eigenvalue weighted by atomic mass is 15.1. The average molecular weight is 455 g/mol. The maximum atomic E-state index is 2.35. The van der Waals surface area contributed by atoms with E-state index < -0.39 is 0 Å². The monoisotopic (exact) mass is 454 g/mol. The van der Waals surface area contributed by atoms with Crippen LogP contribution >= 0.6 is 0 Å². The molecule has 2 aromatic carbocycles. The highest BCUT2D eigenvalue weighted by Gasteiger charge is 2.23. The van der Waals surface area contributed by atoms with Crippen LogP contribution in [0.25, 0.3) is 0 Å². The first-order valence-electron chi connectivity index (χ1n) is 12.4. The van der Waals surface area contributed by atoms with Gasteiger partial charge < -0.3 is 0 Å². The molecule has 0 N–H and O–H groups in total. The predicted octanol–water partition coefficient (Wildman–Crippen LogP) is 4.84. The Labute approximate surface area is 204 Å². The zero-order valence-corrected chi connectivity index (χ0v) is 22.1. The van der Waals surface area contributed by atoms with Crippen molar-refractivity contribution in [2.24, 2.45) is 0 Å². The van der Waals surface area contributed by atoms with E-state index in [0.717, 1.165) is 26.2 Å². The van der Waals surface area contributed by atoms with Crippen molar-refractivity contribution < 1.29 is 9.13 Å². The lowest BCUT2D eigenvalue weighted by Crippen LogP contribution is -2.35. The maximum Gasteiger partial charge on any atom is 0.244 e. The van der Waals surface area contributed by atoms with Gasteiger partial charge in [-0.25, -0.2) is 18.3 Å². The molecule has 1 aliphatic rings. The van der Waals surface area contributed by atoms with Crippen LogP contribution < -0.4 is 9.13 Å². The van der Waals surface area contributed by atoms with Crippen LogP contribution in [-0.4, -0.2) is 9.13 Å². The average Bonchev–Trinajstić information content (AvgIpc) is 3.46. The van der Waals surface area contributed by atoms with Crippen LogP contribution in [0.15, 0.2) is 37.4 Å². The fraction of sp³-hybridized carbons (Fsp3) is 0.400. The summed E-state index contributed by atoms with van der Waals surface area (Å²) in [5.74, 6) is 0. The van der Waals surface area contributed by atoms with Crippen LogP contribution in [0.3, 0.4) is 0 Å². The molecule has 0 spiro atoms. The second-order valence-corrected chi connectivity index (χ2v) is 10.4. The quantitative estimate of drug-likeness (QED) is 0.298. The van der Waals surface area contributed by atoms with E-state index in [1.807, 2.05) is 0 Å². The third kappa shape index (κ3) is 3.60. The van der Waals surface area contributed by atoms with Gasteiger partial charge in [0.15, 0.2) is 0 Å². The molecule has 176 valence electrons. The van der Waals surface area contributed by atoms with Crippen LogP contribution in [0.2, 0.25) is 0 Å². The Bertz CT molecular complexity index is 1220. The zero-order chi connectivity index (χ0) is 24.3. The molecule has 0 amide bonds. The van der Waals surface area contributed by atoms with Gasteiger partial charge in [-0.05, 0) is 99.9 Å². The maximum absolute atomic E-state index is 2.35. The van der Waals surface area contributed by atoms with Crippen molar-refractivity contribution >= 4 is 0 Å². The predicted molar refractivity (Wildman–Crippen MR) is 136 cm³/mol. The van der Waals surface area contributed by atoms with Crippen molar-refractivity contribution in [3.05, 3.63) is 104 Å². The highest BCUT2D eigenvalue weighted by Crippen LogP contribution is 2.29. The van der Waals surface area contributed by atoms with Crippen LogP contribution in [-0.2, 0) is 26.2 Å². The highest BCUT2D eigenvalue weighted by molar-refractivity contribution is 5.51. The summed E-state index contributed by atoms with van der Waals surface area (Å²) in [5.41, 5.74) is 17.2. The molecule has 1 aliphatic heterocycles. The van der Waals surface area contributed by atoms with E-state index in [0.29, 0.717) is 0 Å². The standard InChI is InChI=1S/C30H38N4/c1-19-20(2)24(6)28-14-32-11-12-34(18-32)16-30-26(8)22(4)21(3)25(7)29(30)15-33-10-9-31(17-33)13-27(28)23(19)5/h9-12,17-18H,13-16H2,1-8H3/q+2. The second-order valence-electron chi connectivity index (χ2n) is 10.4. The second kappa shape index (κ2) is 8.26. The van der Waals surface area contributed by atoms with Gasteiger partial charge in [-0.15, -0.1) is 0 Å². The molecule has 34 heavy (non-hydrogen) atoms. The minimum absolute atomic E-state index is 0.898. The molecule has 4 bridgehead atoms. The Kier molecular flexibility index (Phi) is 5.50. The van der Waals surface area contributed by atoms with E-state index in [1.54, 1.807) is 0 Å². The van der Waals surface area contributed by atoms with Crippen LogP contribution in [0.4, 0.5) is 0 Å². The van der Waals surface area contributed by atoms with Gasteiger partial charge in [0.2, 0.25) is 12.7 Å². The summed E-state index contributed by atoms with van der Waals surface area (Å²) >= 11 is 0. The molecule has 5 rings (SSSR count). The van der Waals surface area contributed by atoms with Gasteiger partial charge >= 0.3 is 0 Å². The third-order valence-corrected chi connectivity index (χ3v) is 8.77. The fourth-order valence-corrected chi connectivity index (χ4v) is 5.77. The number of rotatable bonds is 0. The van der Waals surface area contributed by atoms with E-state index >= 15 is 0 Å². The molecule has 4 nitrogen and oxygen atoms in total. The van der Waals surface area contributed by atoms with Crippen molar-refractivity contribution in [3.8, 4) is 0 Å². The molecule has 0 radical (unpaired) electrons. The molecular formula is C30H38N4+2. The smallest absolute Gasteiger partial charge is 0.233 e. The molecule has 0 fully saturated rings. The first kappa shape index (κ1) is 22.6. The summed E-state index contributed by atoms with van der Waals surface area (Å²) in [5, 5.41) is 0. The Morgan fingerprint density at radius 2 is 0.794 bits per heavy atom. The molecule has 3 heterocycles. The van der Waals surface area contributed by atoms with E-state index in [4.69, 9.17) is 0 Å². The van der Waals surface area contributed by atoms with Gasteiger partial charge in [0.25, 0.3) is 0 Å². The number of imidazole rings is 2. The van der Waals surface area contributed by atoms with E-state index in [-0.39, 0.29) is 0 Å². The van der Waals surface area contributed by atoms with Gasteiger partial charge in [0, 0.05) is 22.3 Å². The zero-order valence-electron chi connectivity index (χ0n) is 22.1. The Hall–Kier alpha value is -3.14. The van der Waals surface area contributed by atoms with E-state index in [9.17, 15) is 0 Å². The van der Waals surface area contributed by atoms with Gasteiger partial charge in [-0.2, -0.15) is 0 Å². The van der Waals surface area contributed by atoms with Crippen LogP contribution in [0.5, 0.6) is 0 Å². The SMILES string of the molecule is Cc1c(C)c(C)c2c(c1C)Cn1cc[n+](c1)Cc1c(C)c(C)c(C)c(C)c1Cn1cc[n+](c1)C2. The van der Waals surface area contributed by atoms with Gasteiger partial charge in [0.1, 0.15) is 51.0 Å². The molecule has 0 saturated heterocycles. The summed E-state index contributed by atoms with van der Waals surface area (Å²) in [6.07, 6.45) is 13.5. The number of hydrogen-bond acceptors (Lipinski definition) is 0. The molecule has 0 saturated carbocycles. The van der Waals surface area contributed by atoms with Gasteiger partial charge in [-0.1, -0.05) is 0 Å². The van der Waals surface area contributed by atoms with Crippen molar-refractivity contribution in [1.82, 2.24) is 9.13 Å². The Balaban J connectivity index is 1.73. The minimum atomic E-state index is 0.898. The van der Waals surface area contributed by atoms with Crippen molar-refractivity contribution in [2.75, 3.05) is 0 Å². The summed E-state index contributed by atoms with van der Waals surface area (Å²) in [4.78, 5) is 0. The van der Waals surface area contributed by atoms with E-state index in [2.05, 4.69) is 111 Å². The normalized spacial score (nSPS) is 13.4. The topological polar surface area (TPSA) is 17.6 Å². The largest absolute Gasteiger partial charge is 0.244 e. The van der Waals surface area contributed by atoms with Crippen molar-refractivity contribution in [3.63, 3.8) is 0 Å². The molecular weight excluding hydrogens is 416 g/mol. The summed E-state index contributed by atoms with van der Waals surface area (Å²) in [7, 11) is 0. The Morgan fingerprint density at radius 3 is 1.15 bits per heavy atom. The number of nitrogens with zero attached hydrogens (tertiary/aromatic N) is 4. The molecule has 0 aliphatic carbocycles. The molecule has 0 atom stereocenters. The number of aromatic nitrogens is 4. The summed E-state index contributed by atoms with van der Waals surface area (Å²) < 4.78 is 9.41. The number of fused-ring (bicyclic) bond motifs is 6. The molecule has 4 aromatic rings. The lowest BCUT2D eigenvalue weighted by atomic mass is 9.88. The number of benzene rings is 2. The van der Waals surface area contributed by atoms with Crippen molar-refractivity contribution in [2.45, 2.75) is 81.6 Å². The lowest BCUT2D eigenvalue weighted by molar-refractivity contribution is -0.688. The molecule has 0 unspecified atom stereocenters. The van der Waals surface area contributed by atoms with Gasteiger partial charge in [-0.3, -0.25) is 0 Å². The minimum Gasteiger partial charge on any atom is -0.233 e. The van der Waals surface area contributed by atoms with Crippen molar-refractivity contribution in [1.29, 1.82) is 0 Å². The summed E-state index contributed by atoms with van der Waals surface area (Å²) in [6, 6.07) is 0. The third-order valence-electron chi connectivity index (χ3n) is 8.77. The van der Waals surface area contributed by atoms with Gasteiger partial charge in [0.05, 0.1) is 0 Å².